The van der Waals surface area contributed by atoms with Crippen LogP contribution in [-0.2, 0) is 6.54 Å². The normalized spacial score (nSPS) is 15.0. The van der Waals surface area contributed by atoms with Gasteiger partial charge in [-0.3, -0.25) is 0 Å². The second-order valence-electron chi connectivity index (χ2n) is 5.23. The largest absolute Gasteiger partial charge is 0.371 e. The predicted octanol–water partition coefficient (Wildman–Crippen LogP) is 3.08. The van der Waals surface area contributed by atoms with E-state index in [1.807, 2.05) is 0 Å². The van der Waals surface area contributed by atoms with Crippen LogP contribution < -0.4 is 10.6 Å². The van der Waals surface area contributed by atoms with Gasteiger partial charge in [0.05, 0.1) is 0 Å². The highest BCUT2D eigenvalue weighted by molar-refractivity contribution is 5.55. The molecule has 1 fully saturated rings. The molecule has 94 valence electrons. The van der Waals surface area contributed by atoms with E-state index in [1.54, 1.807) is 0 Å². The molecule has 0 spiro atoms. The van der Waals surface area contributed by atoms with Crippen molar-refractivity contribution in [3.63, 3.8) is 0 Å². The van der Waals surface area contributed by atoms with E-state index in [2.05, 4.69) is 36.9 Å². The summed E-state index contributed by atoms with van der Waals surface area (Å²) in [5.74, 6) is 0.925. The van der Waals surface area contributed by atoms with Crippen LogP contribution in [0.1, 0.15) is 37.3 Å². The van der Waals surface area contributed by atoms with Gasteiger partial charge in [-0.05, 0) is 43.7 Å². The van der Waals surface area contributed by atoms with Gasteiger partial charge >= 0.3 is 0 Å². The fourth-order valence-electron chi connectivity index (χ4n) is 2.38. The van der Waals surface area contributed by atoms with Crippen LogP contribution in [0.25, 0.3) is 0 Å². The second-order valence-corrected chi connectivity index (χ2v) is 5.23. The van der Waals surface area contributed by atoms with Gasteiger partial charge in [0.2, 0.25) is 0 Å². The number of aryl methyl sites for hydroxylation is 1. The van der Waals surface area contributed by atoms with E-state index in [9.17, 15) is 0 Å². The summed E-state index contributed by atoms with van der Waals surface area (Å²) in [4.78, 5) is 2.53. The molecule has 0 atom stereocenters. The van der Waals surface area contributed by atoms with Crippen LogP contribution >= 0.6 is 0 Å². The van der Waals surface area contributed by atoms with Crippen LogP contribution in [0.3, 0.4) is 0 Å². The van der Waals surface area contributed by atoms with Gasteiger partial charge in [-0.1, -0.05) is 24.6 Å². The molecule has 1 saturated carbocycles. The Kier molecular flexibility index (Phi) is 4.06. The molecule has 0 aliphatic heterocycles. The van der Waals surface area contributed by atoms with Crippen LogP contribution in [-0.4, -0.2) is 13.1 Å². The van der Waals surface area contributed by atoms with Crippen molar-refractivity contribution in [3.05, 3.63) is 29.3 Å². The first-order chi connectivity index (χ1) is 8.24. The smallest absolute Gasteiger partial charge is 0.0412 e. The minimum Gasteiger partial charge on any atom is -0.371 e. The van der Waals surface area contributed by atoms with Gasteiger partial charge in [-0.25, -0.2) is 0 Å². The Morgan fingerprint density at radius 3 is 2.71 bits per heavy atom. The quantitative estimate of drug-likeness (QED) is 0.816. The number of benzene rings is 1. The Hall–Kier alpha value is -1.02. The van der Waals surface area contributed by atoms with E-state index in [0.717, 1.165) is 12.5 Å². The Labute approximate surface area is 105 Å². The molecule has 0 unspecified atom stereocenters. The van der Waals surface area contributed by atoms with Gasteiger partial charge < -0.3 is 10.6 Å². The minimum atomic E-state index is 0.641. The Bertz CT molecular complexity index is 369. The summed E-state index contributed by atoms with van der Waals surface area (Å²) in [6, 6.07) is 6.67. The SMILES string of the molecule is CCCN(CC1CC1)c1ccc(C)cc1CN. The van der Waals surface area contributed by atoms with Crippen LogP contribution in [0.2, 0.25) is 0 Å². The van der Waals surface area contributed by atoms with Crippen LogP contribution in [0, 0.1) is 12.8 Å². The lowest BCUT2D eigenvalue weighted by molar-refractivity contribution is 0.704. The molecule has 0 bridgehead atoms. The van der Waals surface area contributed by atoms with Crippen molar-refractivity contribution in [1.82, 2.24) is 0 Å². The summed E-state index contributed by atoms with van der Waals surface area (Å²) >= 11 is 0. The average Bonchev–Trinajstić information content (AvgIpc) is 3.12. The number of hydrogen-bond acceptors (Lipinski definition) is 2. The maximum Gasteiger partial charge on any atom is 0.0412 e. The van der Waals surface area contributed by atoms with Gasteiger partial charge in [0.25, 0.3) is 0 Å². The lowest BCUT2D eigenvalue weighted by atomic mass is 10.1. The molecule has 0 radical (unpaired) electrons. The molecule has 0 aromatic heterocycles. The van der Waals surface area contributed by atoms with Crippen LogP contribution in [0.5, 0.6) is 0 Å². The predicted molar refractivity (Wildman–Crippen MR) is 74.3 cm³/mol. The lowest BCUT2D eigenvalue weighted by Crippen LogP contribution is -2.28. The first-order valence-electron chi connectivity index (χ1n) is 6.79. The molecule has 1 aliphatic carbocycles. The zero-order chi connectivity index (χ0) is 12.3. The van der Waals surface area contributed by atoms with E-state index in [0.29, 0.717) is 6.54 Å². The minimum absolute atomic E-state index is 0.641. The van der Waals surface area contributed by atoms with Crippen molar-refractivity contribution >= 4 is 5.69 Å². The third kappa shape index (κ3) is 3.22. The number of nitrogens with zero attached hydrogens (tertiary/aromatic N) is 1. The monoisotopic (exact) mass is 232 g/mol. The van der Waals surface area contributed by atoms with Gasteiger partial charge in [-0.2, -0.15) is 0 Å². The fourth-order valence-corrected chi connectivity index (χ4v) is 2.38. The summed E-state index contributed by atoms with van der Waals surface area (Å²) < 4.78 is 0. The fraction of sp³-hybridized carbons (Fsp3) is 0.600. The topological polar surface area (TPSA) is 29.3 Å². The highest BCUT2D eigenvalue weighted by Crippen LogP contribution is 2.32. The Morgan fingerprint density at radius 1 is 1.35 bits per heavy atom. The van der Waals surface area contributed by atoms with E-state index in [1.165, 1.54) is 42.6 Å². The molecule has 2 N–H and O–H groups in total. The van der Waals surface area contributed by atoms with Gasteiger partial charge in [0.15, 0.2) is 0 Å². The third-order valence-electron chi connectivity index (χ3n) is 3.46. The zero-order valence-electron chi connectivity index (χ0n) is 11.1. The summed E-state index contributed by atoms with van der Waals surface area (Å²) in [6.07, 6.45) is 4.01. The van der Waals surface area contributed by atoms with E-state index >= 15 is 0 Å². The summed E-state index contributed by atoms with van der Waals surface area (Å²) in [6.45, 7) is 7.38. The lowest BCUT2D eigenvalue weighted by Gasteiger charge is -2.27. The molecular formula is C15H24N2. The first kappa shape index (κ1) is 12.4. The number of nitrogens with two attached hydrogens (primary N) is 1. The highest BCUT2D eigenvalue weighted by atomic mass is 15.1. The highest BCUT2D eigenvalue weighted by Gasteiger charge is 2.24. The number of hydrogen-bond donors (Lipinski definition) is 1. The van der Waals surface area contributed by atoms with E-state index < -0.39 is 0 Å². The van der Waals surface area contributed by atoms with Crippen LogP contribution in [0.4, 0.5) is 5.69 Å². The Balaban J connectivity index is 2.20. The van der Waals surface area contributed by atoms with E-state index in [4.69, 9.17) is 5.73 Å². The van der Waals surface area contributed by atoms with Gasteiger partial charge in [-0.15, -0.1) is 0 Å². The maximum absolute atomic E-state index is 5.87. The summed E-state index contributed by atoms with van der Waals surface area (Å²) in [7, 11) is 0. The average molecular weight is 232 g/mol. The molecule has 2 nitrogen and oxygen atoms in total. The second kappa shape index (κ2) is 5.54. The zero-order valence-corrected chi connectivity index (χ0v) is 11.1. The molecule has 1 aromatic rings. The molecule has 0 saturated heterocycles. The summed E-state index contributed by atoms with van der Waals surface area (Å²) in [5.41, 5.74) is 9.82. The van der Waals surface area contributed by atoms with Crippen molar-refractivity contribution in [3.8, 4) is 0 Å². The van der Waals surface area contributed by atoms with Crippen molar-refractivity contribution < 1.29 is 0 Å². The summed E-state index contributed by atoms with van der Waals surface area (Å²) in [5, 5.41) is 0. The number of anilines is 1. The maximum atomic E-state index is 5.87. The van der Waals surface area contributed by atoms with Gasteiger partial charge in [0.1, 0.15) is 0 Å². The molecule has 17 heavy (non-hydrogen) atoms. The Morgan fingerprint density at radius 2 is 2.12 bits per heavy atom. The molecule has 1 aliphatic rings. The van der Waals surface area contributed by atoms with Crippen molar-refractivity contribution in [2.45, 2.75) is 39.7 Å². The van der Waals surface area contributed by atoms with Crippen molar-refractivity contribution in [2.75, 3.05) is 18.0 Å². The molecule has 1 aromatic carbocycles. The molecule has 0 amide bonds. The van der Waals surface area contributed by atoms with E-state index in [-0.39, 0.29) is 0 Å². The molecule has 2 rings (SSSR count). The van der Waals surface area contributed by atoms with Gasteiger partial charge in [0, 0.05) is 25.3 Å². The molecule has 2 heteroatoms. The van der Waals surface area contributed by atoms with Crippen molar-refractivity contribution in [2.24, 2.45) is 11.7 Å². The standard InChI is InChI=1S/C15H24N2/c1-3-8-17(11-13-5-6-13)15-7-4-12(2)9-14(15)10-16/h4,7,9,13H,3,5-6,8,10-11,16H2,1-2H3. The molecular weight excluding hydrogens is 208 g/mol. The first-order valence-corrected chi connectivity index (χ1v) is 6.79. The van der Waals surface area contributed by atoms with Crippen LogP contribution in [0.15, 0.2) is 18.2 Å². The third-order valence-corrected chi connectivity index (χ3v) is 3.46. The molecule has 0 heterocycles. The number of rotatable bonds is 6. The van der Waals surface area contributed by atoms with Crippen molar-refractivity contribution in [1.29, 1.82) is 0 Å².